The Morgan fingerprint density at radius 3 is 2.56 bits per heavy atom. The molecule has 0 heterocycles. The van der Waals surface area contributed by atoms with Crippen LogP contribution in [-0.2, 0) is 24.5 Å². The van der Waals surface area contributed by atoms with Crippen molar-refractivity contribution in [1.29, 1.82) is 0 Å². The minimum absolute atomic E-state index is 0.0710. The number of ether oxygens (including phenoxy) is 1. The summed E-state index contributed by atoms with van der Waals surface area (Å²) in [5.41, 5.74) is 0.223. The molecule has 2 N–H and O–H groups in total. The van der Waals surface area contributed by atoms with E-state index in [9.17, 15) is 22.8 Å². The fourth-order valence-electron chi connectivity index (χ4n) is 7.48. The Morgan fingerprint density at radius 2 is 1.91 bits per heavy atom. The van der Waals surface area contributed by atoms with E-state index in [1.807, 2.05) is 10.8 Å². The molecule has 1 amide bonds. The molecule has 0 aromatic carbocycles. The van der Waals surface area contributed by atoms with E-state index in [0.717, 1.165) is 18.4 Å². The van der Waals surface area contributed by atoms with Crippen LogP contribution in [0, 0.1) is 34.5 Å². The van der Waals surface area contributed by atoms with Crippen molar-refractivity contribution in [3.8, 4) is 0 Å². The van der Waals surface area contributed by atoms with Crippen LogP contribution in [0.2, 0.25) is 0 Å². The van der Waals surface area contributed by atoms with Crippen molar-refractivity contribution in [3.05, 3.63) is 23.8 Å². The lowest BCUT2D eigenvalue weighted by Gasteiger charge is -2.58. The monoisotopic (exact) mass is 492 g/mol. The molecule has 9 heteroatoms. The van der Waals surface area contributed by atoms with E-state index in [-0.39, 0.29) is 52.1 Å². The van der Waals surface area contributed by atoms with Gasteiger partial charge in [-0.25, -0.2) is 9.52 Å². The third kappa shape index (κ3) is 4.26. The molecule has 0 aromatic heterocycles. The number of allylic oxidation sites excluding steroid dienone is 4. The fraction of sp³-hybridized carbons (Fsp3) is 0.720. The van der Waals surface area contributed by atoms with Crippen LogP contribution in [0.1, 0.15) is 66.7 Å². The number of rotatable bonds is 5. The fourth-order valence-corrected chi connectivity index (χ4v) is 8.43. The van der Waals surface area contributed by atoms with Crippen molar-refractivity contribution >= 4 is 27.9 Å². The Kier molecular flexibility index (Phi) is 6.34. The number of hydrogen-bond donors (Lipinski definition) is 2. The van der Waals surface area contributed by atoms with Crippen LogP contribution in [0.5, 0.6) is 0 Å². The SMILES string of the molecule is CC(=O)[C@H]1CC[C@H]2[C@@H]3C=CC4=CC(=O)CC[C@@]4(C)[C@@H]3[C@@H](OC(=O)NS(=O)(=O)NC(C)C)C[C@]12C. The molecule has 0 aromatic rings. The first-order chi connectivity index (χ1) is 15.8. The van der Waals surface area contributed by atoms with Crippen molar-refractivity contribution in [2.45, 2.75) is 78.9 Å². The zero-order valence-corrected chi connectivity index (χ0v) is 21.4. The molecule has 0 bridgehead atoms. The normalized spacial score (nSPS) is 39.1. The van der Waals surface area contributed by atoms with Gasteiger partial charge in [-0.05, 0) is 80.8 Å². The number of fused-ring (bicyclic) bond motifs is 5. The number of carbonyl (C=O) groups is 3. The molecule has 4 aliphatic rings. The van der Waals surface area contributed by atoms with Crippen LogP contribution < -0.4 is 9.44 Å². The standard InChI is InChI=1S/C25H36N2O6S/c1-14(2)26-34(31,32)27-23(30)33-21-13-25(5)19(15(3)28)8-9-20(25)18-7-6-16-12-17(29)10-11-24(16,4)22(18)21/h6-7,12,14,18-22,26H,8-11,13H2,1-5H3,(H,27,30)/t18-,19+,20-,21-,22-,24+,25+/m0/s1. The number of nitrogens with one attached hydrogen (secondary N) is 2. The second-order valence-corrected chi connectivity index (χ2v) is 12.8. The van der Waals surface area contributed by atoms with E-state index in [4.69, 9.17) is 4.74 Å². The molecule has 0 unspecified atom stereocenters. The van der Waals surface area contributed by atoms with Gasteiger partial charge in [0, 0.05) is 24.3 Å². The van der Waals surface area contributed by atoms with Crippen LogP contribution >= 0.6 is 0 Å². The number of amides is 1. The average molecular weight is 493 g/mol. The maximum atomic E-state index is 12.8. The molecular weight excluding hydrogens is 456 g/mol. The van der Waals surface area contributed by atoms with Gasteiger partial charge in [-0.2, -0.15) is 13.1 Å². The second kappa shape index (κ2) is 8.59. The number of ketones is 2. The average Bonchev–Trinajstić information content (AvgIpc) is 3.03. The number of carbonyl (C=O) groups excluding carboxylic acids is 3. The van der Waals surface area contributed by atoms with Crippen LogP contribution in [0.3, 0.4) is 0 Å². The zero-order chi connectivity index (χ0) is 25.1. The van der Waals surface area contributed by atoms with Crippen LogP contribution in [0.4, 0.5) is 4.79 Å². The van der Waals surface area contributed by atoms with Gasteiger partial charge in [-0.1, -0.05) is 26.0 Å². The lowest BCUT2D eigenvalue weighted by Crippen LogP contribution is -2.57. The quantitative estimate of drug-likeness (QED) is 0.607. The van der Waals surface area contributed by atoms with Crippen LogP contribution in [-0.4, -0.2) is 38.2 Å². The van der Waals surface area contributed by atoms with Gasteiger partial charge in [0.05, 0.1) is 0 Å². The number of hydrogen-bond acceptors (Lipinski definition) is 6. The molecule has 4 aliphatic carbocycles. The summed E-state index contributed by atoms with van der Waals surface area (Å²) in [7, 11) is -4.06. The molecule has 2 saturated carbocycles. The first kappa shape index (κ1) is 25.1. The summed E-state index contributed by atoms with van der Waals surface area (Å²) >= 11 is 0. The predicted molar refractivity (Wildman–Crippen MR) is 127 cm³/mol. The summed E-state index contributed by atoms with van der Waals surface area (Å²) in [5, 5.41) is 0. The van der Waals surface area contributed by atoms with Crippen molar-refractivity contribution in [3.63, 3.8) is 0 Å². The smallest absolute Gasteiger partial charge is 0.422 e. The Bertz CT molecular complexity index is 1060. The molecule has 7 atom stereocenters. The lowest BCUT2D eigenvalue weighted by molar-refractivity contribution is -0.135. The first-order valence-corrected chi connectivity index (χ1v) is 13.7. The highest BCUT2D eigenvalue weighted by Gasteiger charge is 2.63. The Hall–Kier alpha value is -2.00. The molecular formula is C25H36N2O6S. The largest absolute Gasteiger partial charge is 0.445 e. The Morgan fingerprint density at radius 1 is 1.21 bits per heavy atom. The summed E-state index contributed by atoms with van der Waals surface area (Å²) in [6.45, 7) is 9.18. The molecule has 0 radical (unpaired) electrons. The number of Topliss-reactive ketones (excluding diaryl/α,β-unsaturated/α-hetero) is 1. The molecule has 34 heavy (non-hydrogen) atoms. The van der Waals surface area contributed by atoms with Gasteiger partial charge >= 0.3 is 16.3 Å². The van der Waals surface area contributed by atoms with Crippen LogP contribution in [0.25, 0.3) is 0 Å². The van der Waals surface area contributed by atoms with Crippen molar-refractivity contribution in [1.82, 2.24) is 9.44 Å². The Labute approximate surface area is 202 Å². The lowest BCUT2D eigenvalue weighted by atomic mass is 9.47. The maximum Gasteiger partial charge on any atom is 0.422 e. The van der Waals surface area contributed by atoms with E-state index in [0.29, 0.717) is 19.3 Å². The van der Waals surface area contributed by atoms with E-state index in [1.54, 1.807) is 26.8 Å². The van der Waals surface area contributed by atoms with Gasteiger partial charge in [0.25, 0.3) is 0 Å². The highest BCUT2D eigenvalue weighted by atomic mass is 32.2. The van der Waals surface area contributed by atoms with E-state index >= 15 is 0 Å². The van der Waals surface area contributed by atoms with Crippen molar-refractivity contribution in [2.24, 2.45) is 34.5 Å². The first-order valence-electron chi connectivity index (χ1n) is 12.2. The summed E-state index contributed by atoms with van der Waals surface area (Å²) in [6, 6.07) is -0.381. The van der Waals surface area contributed by atoms with Gasteiger partial charge in [0.2, 0.25) is 0 Å². The van der Waals surface area contributed by atoms with Gasteiger partial charge in [0.15, 0.2) is 5.78 Å². The van der Waals surface area contributed by atoms with E-state index < -0.39 is 22.4 Å². The topological polar surface area (TPSA) is 119 Å². The third-order valence-electron chi connectivity index (χ3n) is 8.79. The summed E-state index contributed by atoms with van der Waals surface area (Å²) in [4.78, 5) is 37.5. The zero-order valence-electron chi connectivity index (χ0n) is 20.6. The molecule has 4 rings (SSSR count). The second-order valence-electron chi connectivity index (χ2n) is 11.3. The van der Waals surface area contributed by atoms with Crippen LogP contribution in [0.15, 0.2) is 23.8 Å². The molecule has 188 valence electrons. The van der Waals surface area contributed by atoms with E-state index in [1.165, 1.54) is 0 Å². The molecule has 0 spiro atoms. The maximum absolute atomic E-state index is 12.8. The van der Waals surface area contributed by atoms with E-state index in [2.05, 4.69) is 24.6 Å². The molecule has 8 nitrogen and oxygen atoms in total. The predicted octanol–water partition coefficient (Wildman–Crippen LogP) is 3.45. The van der Waals surface area contributed by atoms with Gasteiger partial charge in [-0.3, -0.25) is 9.59 Å². The van der Waals surface area contributed by atoms with Crippen molar-refractivity contribution < 1.29 is 27.5 Å². The minimum atomic E-state index is -4.06. The molecule has 2 fully saturated rings. The minimum Gasteiger partial charge on any atom is -0.445 e. The Balaban J connectivity index is 1.71. The summed E-state index contributed by atoms with van der Waals surface area (Å²) in [5.74, 6) is 0.340. The van der Waals surface area contributed by atoms with Crippen molar-refractivity contribution in [2.75, 3.05) is 0 Å². The van der Waals surface area contributed by atoms with Gasteiger partial charge < -0.3 is 4.74 Å². The summed E-state index contributed by atoms with van der Waals surface area (Å²) in [6.07, 6.45) is 7.55. The van der Waals surface area contributed by atoms with Gasteiger partial charge in [-0.15, -0.1) is 0 Å². The molecule has 0 saturated heterocycles. The highest BCUT2D eigenvalue weighted by molar-refractivity contribution is 7.88. The van der Waals surface area contributed by atoms with Gasteiger partial charge in [0.1, 0.15) is 11.9 Å². The highest BCUT2D eigenvalue weighted by Crippen LogP contribution is 2.65. The third-order valence-corrected chi connectivity index (χ3v) is 10.0. The molecule has 0 aliphatic heterocycles. The summed E-state index contributed by atoms with van der Waals surface area (Å²) < 4.78 is 34.7.